The monoisotopic (exact) mass is 349 g/mol. The Morgan fingerprint density at radius 2 is 1.96 bits per heavy atom. The third kappa shape index (κ3) is 3.34. The molecule has 1 saturated heterocycles. The summed E-state index contributed by atoms with van der Waals surface area (Å²) in [5.74, 6) is -1.08. The van der Waals surface area contributed by atoms with Crippen LogP contribution in [-0.2, 0) is 0 Å². The summed E-state index contributed by atoms with van der Waals surface area (Å²) in [5, 5.41) is 9.48. The van der Waals surface area contributed by atoms with Crippen LogP contribution >= 0.6 is 11.6 Å². The second-order valence-electron chi connectivity index (χ2n) is 5.81. The van der Waals surface area contributed by atoms with E-state index in [-0.39, 0.29) is 22.2 Å². The summed E-state index contributed by atoms with van der Waals surface area (Å²) in [6.07, 6.45) is 1.47. The standard InChI is InChI=1S/C17H17ClFN3O2/c1-21-4-6-22(7-5-21)17(24)11-2-3-20-15(8-11)12-9-13(18)16(23)10-14(12)19/h2-3,8-10,23H,4-7H2,1H3. The number of carbonyl (C=O) groups excluding carboxylic acids is 1. The Morgan fingerprint density at radius 3 is 2.67 bits per heavy atom. The number of rotatable bonds is 2. The molecule has 0 radical (unpaired) electrons. The fraction of sp³-hybridized carbons (Fsp3) is 0.294. The first-order valence-corrected chi connectivity index (χ1v) is 7.96. The van der Waals surface area contributed by atoms with Gasteiger partial charge in [0.05, 0.1) is 10.7 Å². The molecule has 0 saturated carbocycles. The van der Waals surface area contributed by atoms with Crippen LogP contribution in [0.15, 0.2) is 30.5 Å². The van der Waals surface area contributed by atoms with Gasteiger partial charge in [0.15, 0.2) is 0 Å². The Hall–Kier alpha value is -2.18. The smallest absolute Gasteiger partial charge is 0.254 e. The number of benzene rings is 1. The first kappa shape index (κ1) is 16.7. The maximum atomic E-state index is 14.1. The van der Waals surface area contributed by atoms with Gasteiger partial charge in [-0.2, -0.15) is 0 Å². The predicted molar refractivity (Wildman–Crippen MR) is 89.7 cm³/mol. The van der Waals surface area contributed by atoms with Gasteiger partial charge >= 0.3 is 0 Å². The van der Waals surface area contributed by atoms with Crippen LogP contribution in [0.4, 0.5) is 4.39 Å². The topological polar surface area (TPSA) is 56.7 Å². The third-order valence-corrected chi connectivity index (χ3v) is 4.41. The van der Waals surface area contributed by atoms with Crippen molar-refractivity contribution < 1.29 is 14.3 Å². The summed E-state index contributed by atoms with van der Waals surface area (Å²) < 4.78 is 14.1. The molecule has 0 atom stereocenters. The van der Waals surface area contributed by atoms with Gasteiger partial charge in [0, 0.05) is 49.6 Å². The second kappa shape index (κ2) is 6.75. The minimum Gasteiger partial charge on any atom is -0.506 e. The highest BCUT2D eigenvalue weighted by Crippen LogP contribution is 2.31. The second-order valence-corrected chi connectivity index (χ2v) is 6.22. The van der Waals surface area contributed by atoms with Gasteiger partial charge in [-0.15, -0.1) is 0 Å². The molecule has 1 aliphatic heterocycles. The molecule has 1 aromatic heterocycles. The molecule has 2 aromatic rings. The lowest BCUT2D eigenvalue weighted by atomic mass is 10.1. The first-order chi connectivity index (χ1) is 11.5. The van der Waals surface area contributed by atoms with Crippen LogP contribution in [0.2, 0.25) is 5.02 Å². The van der Waals surface area contributed by atoms with Crippen LogP contribution in [0.5, 0.6) is 5.75 Å². The van der Waals surface area contributed by atoms with E-state index >= 15 is 0 Å². The van der Waals surface area contributed by atoms with Crippen LogP contribution in [-0.4, -0.2) is 59.0 Å². The van der Waals surface area contributed by atoms with E-state index < -0.39 is 5.82 Å². The first-order valence-electron chi connectivity index (χ1n) is 7.58. The molecule has 7 heteroatoms. The molecular weight excluding hydrogens is 333 g/mol. The maximum Gasteiger partial charge on any atom is 0.254 e. The van der Waals surface area contributed by atoms with Gasteiger partial charge in [0.25, 0.3) is 5.91 Å². The number of carbonyl (C=O) groups is 1. The van der Waals surface area contributed by atoms with Gasteiger partial charge in [-0.3, -0.25) is 9.78 Å². The molecule has 0 aliphatic carbocycles. The average Bonchev–Trinajstić information content (AvgIpc) is 2.58. The van der Waals surface area contributed by atoms with Gasteiger partial charge in [0.1, 0.15) is 11.6 Å². The molecule has 2 heterocycles. The average molecular weight is 350 g/mol. The zero-order valence-electron chi connectivity index (χ0n) is 13.2. The Labute approximate surface area is 144 Å². The number of aromatic hydroxyl groups is 1. The van der Waals surface area contributed by atoms with Crippen LogP contribution in [0.3, 0.4) is 0 Å². The molecule has 0 bridgehead atoms. The molecule has 1 aliphatic rings. The number of likely N-dealkylation sites (N-methyl/N-ethyl adjacent to an activating group) is 1. The fourth-order valence-electron chi connectivity index (χ4n) is 2.64. The van der Waals surface area contributed by atoms with Gasteiger partial charge in [-0.05, 0) is 25.2 Å². The highest BCUT2D eigenvalue weighted by molar-refractivity contribution is 6.32. The third-order valence-electron chi connectivity index (χ3n) is 4.11. The molecule has 0 unspecified atom stereocenters. The van der Waals surface area contributed by atoms with E-state index in [1.165, 1.54) is 12.3 Å². The van der Waals surface area contributed by atoms with Gasteiger partial charge in [-0.25, -0.2) is 4.39 Å². The molecule has 1 amide bonds. The van der Waals surface area contributed by atoms with Gasteiger partial charge in [-0.1, -0.05) is 11.6 Å². The van der Waals surface area contributed by atoms with Crippen LogP contribution in [0.25, 0.3) is 11.3 Å². The summed E-state index contributed by atoms with van der Waals surface area (Å²) in [6.45, 7) is 2.97. The number of piperazine rings is 1. The number of phenols is 1. The zero-order valence-corrected chi connectivity index (χ0v) is 13.9. The maximum absolute atomic E-state index is 14.1. The number of hydrogen-bond donors (Lipinski definition) is 1. The number of aromatic nitrogens is 1. The van der Waals surface area contributed by atoms with E-state index in [9.17, 15) is 14.3 Å². The SMILES string of the molecule is CN1CCN(C(=O)c2ccnc(-c3cc(Cl)c(O)cc3F)c2)CC1. The van der Waals surface area contributed by atoms with Gasteiger partial charge < -0.3 is 14.9 Å². The van der Waals surface area contributed by atoms with Crippen molar-refractivity contribution in [2.75, 3.05) is 33.2 Å². The summed E-state index contributed by atoms with van der Waals surface area (Å²) in [7, 11) is 2.02. The Bertz CT molecular complexity index is 776. The highest BCUT2D eigenvalue weighted by Gasteiger charge is 2.21. The van der Waals surface area contributed by atoms with Crippen molar-refractivity contribution >= 4 is 17.5 Å². The Balaban J connectivity index is 1.89. The van der Waals surface area contributed by atoms with Crippen molar-refractivity contribution in [2.45, 2.75) is 0 Å². The van der Waals surface area contributed by atoms with Crippen molar-refractivity contribution in [1.29, 1.82) is 0 Å². The number of hydrogen-bond acceptors (Lipinski definition) is 4. The van der Waals surface area contributed by atoms with Crippen molar-refractivity contribution in [3.05, 3.63) is 46.9 Å². The molecule has 1 N–H and O–H groups in total. The molecular formula is C17H17ClFN3O2. The number of halogens is 2. The van der Waals surface area contributed by atoms with E-state index in [0.717, 1.165) is 19.2 Å². The summed E-state index contributed by atoms with van der Waals surface area (Å²) in [4.78, 5) is 20.7. The van der Waals surface area contributed by atoms with Gasteiger partial charge in [0.2, 0.25) is 0 Å². The van der Waals surface area contributed by atoms with E-state index in [1.807, 2.05) is 7.05 Å². The number of amides is 1. The Kier molecular flexibility index (Phi) is 4.69. The van der Waals surface area contributed by atoms with Crippen molar-refractivity contribution in [2.24, 2.45) is 0 Å². The van der Waals surface area contributed by atoms with Crippen LogP contribution in [0.1, 0.15) is 10.4 Å². The van der Waals surface area contributed by atoms with E-state index in [1.54, 1.807) is 17.0 Å². The van der Waals surface area contributed by atoms with Crippen LogP contribution in [0, 0.1) is 5.82 Å². The highest BCUT2D eigenvalue weighted by atomic mass is 35.5. The van der Waals surface area contributed by atoms with Crippen molar-refractivity contribution in [3.63, 3.8) is 0 Å². The van der Waals surface area contributed by atoms with Crippen molar-refractivity contribution in [3.8, 4) is 17.0 Å². The zero-order chi connectivity index (χ0) is 17.3. The normalized spacial score (nSPS) is 15.5. The van der Waals surface area contributed by atoms with E-state index in [2.05, 4.69) is 9.88 Å². The Morgan fingerprint density at radius 1 is 1.25 bits per heavy atom. The number of nitrogens with zero attached hydrogens (tertiary/aromatic N) is 3. The minimum absolute atomic E-state index is 0.0315. The quantitative estimate of drug-likeness (QED) is 0.905. The molecule has 1 fully saturated rings. The molecule has 5 nitrogen and oxygen atoms in total. The lowest BCUT2D eigenvalue weighted by Crippen LogP contribution is -2.47. The molecule has 1 aromatic carbocycles. The van der Waals surface area contributed by atoms with Crippen molar-refractivity contribution in [1.82, 2.24) is 14.8 Å². The molecule has 3 rings (SSSR count). The predicted octanol–water partition coefficient (Wildman–Crippen LogP) is 2.63. The van der Waals surface area contributed by atoms with E-state index in [4.69, 9.17) is 11.6 Å². The fourth-order valence-corrected chi connectivity index (χ4v) is 2.80. The summed E-state index contributed by atoms with van der Waals surface area (Å²) >= 11 is 5.85. The molecule has 24 heavy (non-hydrogen) atoms. The molecule has 126 valence electrons. The largest absolute Gasteiger partial charge is 0.506 e. The number of phenolic OH excluding ortho intramolecular Hbond substituents is 1. The summed E-state index contributed by atoms with van der Waals surface area (Å²) in [5.41, 5.74) is 0.897. The summed E-state index contributed by atoms with van der Waals surface area (Å²) in [6, 6.07) is 5.41. The lowest BCUT2D eigenvalue weighted by molar-refractivity contribution is 0.0664. The van der Waals surface area contributed by atoms with Crippen LogP contribution < -0.4 is 0 Å². The molecule has 0 spiro atoms. The minimum atomic E-state index is -0.645. The van der Waals surface area contributed by atoms with E-state index in [0.29, 0.717) is 24.3 Å². The number of pyridine rings is 1. The lowest BCUT2D eigenvalue weighted by Gasteiger charge is -2.32.